The van der Waals surface area contributed by atoms with E-state index in [1.807, 2.05) is 30.3 Å². The molecule has 1 fully saturated rings. The minimum absolute atomic E-state index is 0.274. The van der Waals surface area contributed by atoms with Crippen LogP contribution in [0.15, 0.2) is 47.6 Å². The number of hydrogen-bond donors (Lipinski definition) is 1. The number of carbonyl (C=O) groups is 1. The van der Waals surface area contributed by atoms with Crippen LogP contribution in [-0.2, 0) is 9.63 Å². The zero-order valence-corrected chi connectivity index (χ0v) is 16.2. The first-order valence-corrected chi connectivity index (χ1v) is 9.45. The molecule has 0 bridgehead atoms. The number of likely N-dealkylation sites (tertiary alicyclic amines) is 1. The van der Waals surface area contributed by atoms with Crippen molar-refractivity contribution < 1.29 is 14.7 Å². The molecule has 7 heteroatoms. The predicted molar refractivity (Wildman–Crippen MR) is 108 cm³/mol. The highest BCUT2D eigenvalue weighted by Gasteiger charge is 2.27. The van der Waals surface area contributed by atoms with Gasteiger partial charge in [0.1, 0.15) is 6.61 Å². The molecule has 1 saturated heterocycles. The van der Waals surface area contributed by atoms with Crippen LogP contribution >= 0.6 is 23.2 Å². The Bertz CT molecular complexity index is 842. The van der Waals surface area contributed by atoms with E-state index < -0.39 is 5.97 Å². The van der Waals surface area contributed by atoms with Crippen LogP contribution in [-0.4, -0.2) is 48.4 Å². The van der Waals surface area contributed by atoms with Crippen molar-refractivity contribution in [3.8, 4) is 11.1 Å². The van der Waals surface area contributed by atoms with Crippen LogP contribution in [0.5, 0.6) is 0 Å². The maximum atomic E-state index is 11.0. The molecule has 0 spiro atoms. The molecule has 1 atom stereocenters. The summed E-state index contributed by atoms with van der Waals surface area (Å²) in [5, 5.41) is 14.2. The highest BCUT2D eigenvalue weighted by Crippen LogP contribution is 2.31. The van der Waals surface area contributed by atoms with E-state index in [9.17, 15) is 4.79 Å². The molecule has 0 amide bonds. The monoisotopic (exact) mass is 406 g/mol. The summed E-state index contributed by atoms with van der Waals surface area (Å²) in [5.41, 5.74) is 2.70. The van der Waals surface area contributed by atoms with Gasteiger partial charge in [-0.3, -0.25) is 9.69 Å². The van der Waals surface area contributed by atoms with Crippen molar-refractivity contribution >= 4 is 35.4 Å². The smallest absolute Gasteiger partial charge is 0.307 e. The van der Waals surface area contributed by atoms with E-state index in [0.29, 0.717) is 36.2 Å². The van der Waals surface area contributed by atoms with Gasteiger partial charge in [-0.2, -0.15) is 0 Å². The van der Waals surface area contributed by atoms with Gasteiger partial charge in [0.15, 0.2) is 0 Å². The molecular formula is C20H20Cl2N2O3. The van der Waals surface area contributed by atoms with Gasteiger partial charge in [0, 0.05) is 34.3 Å². The summed E-state index contributed by atoms with van der Waals surface area (Å²) in [6.07, 6.45) is 2.35. The van der Waals surface area contributed by atoms with Crippen LogP contribution in [0.3, 0.4) is 0 Å². The molecule has 1 heterocycles. The van der Waals surface area contributed by atoms with Gasteiger partial charge in [0.05, 0.1) is 12.1 Å². The lowest BCUT2D eigenvalue weighted by Crippen LogP contribution is -2.26. The van der Waals surface area contributed by atoms with Gasteiger partial charge in [0.2, 0.25) is 0 Å². The molecule has 0 aliphatic carbocycles. The van der Waals surface area contributed by atoms with Crippen LogP contribution in [0.4, 0.5) is 0 Å². The molecule has 1 aliphatic heterocycles. The van der Waals surface area contributed by atoms with Crippen molar-refractivity contribution in [3.05, 3.63) is 58.1 Å². The number of benzene rings is 2. The van der Waals surface area contributed by atoms with E-state index in [1.54, 1.807) is 18.3 Å². The third-order valence-corrected chi connectivity index (χ3v) is 5.12. The quantitative estimate of drug-likeness (QED) is 0.420. The molecule has 0 saturated carbocycles. The summed E-state index contributed by atoms with van der Waals surface area (Å²) >= 11 is 12.3. The van der Waals surface area contributed by atoms with Crippen LogP contribution < -0.4 is 0 Å². The molecule has 142 valence electrons. The Hall–Kier alpha value is -2.08. The molecule has 1 N–H and O–H groups in total. The van der Waals surface area contributed by atoms with Gasteiger partial charge in [-0.05, 0) is 30.7 Å². The number of halogens is 2. The van der Waals surface area contributed by atoms with Crippen molar-refractivity contribution in [1.82, 2.24) is 4.90 Å². The van der Waals surface area contributed by atoms with Gasteiger partial charge < -0.3 is 9.94 Å². The van der Waals surface area contributed by atoms with Crippen LogP contribution in [0.25, 0.3) is 11.1 Å². The minimum atomic E-state index is -0.728. The second-order valence-corrected chi connectivity index (χ2v) is 7.25. The van der Waals surface area contributed by atoms with Crippen molar-refractivity contribution in [1.29, 1.82) is 0 Å². The predicted octanol–water partition coefficient (Wildman–Crippen LogP) is 4.42. The molecule has 1 unspecified atom stereocenters. The fraction of sp³-hybridized carbons (Fsp3) is 0.300. The third-order valence-electron chi connectivity index (χ3n) is 4.57. The third kappa shape index (κ3) is 5.22. The average molecular weight is 407 g/mol. The first-order chi connectivity index (χ1) is 13.0. The summed E-state index contributed by atoms with van der Waals surface area (Å²) in [5.74, 6) is -1.00. The van der Waals surface area contributed by atoms with E-state index >= 15 is 0 Å². The summed E-state index contributed by atoms with van der Waals surface area (Å²) in [7, 11) is 0. The Morgan fingerprint density at radius 1 is 1.26 bits per heavy atom. The maximum Gasteiger partial charge on any atom is 0.307 e. The maximum absolute atomic E-state index is 11.0. The van der Waals surface area contributed by atoms with Crippen molar-refractivity contribution in [2.75, 3.05) is 26.2 Å². The molecular weight excluding hydrogens is 387 g/mol. The average Bonchev–Trinajstić information content (AvgIpc) is 3.11. The first-order valence-electron chi connectivity index (χ1n) is 8.69. The van der Waals surface area contributed by atoms with Gasteiger partial charge in [-0.1, -0.05) is 58.7 Å². The molecule has 1 aliphatic rings. The van der Waals surface area contributed by atoms with Gasteiger partial charge in [-0.25, -0.2) is 0 Å². The first kappa shape index (κ1) is 19.7. The summed E-state index contributed by atoms with van der Waals surface area (Å²) in [4.78, 5) is 18.4. The molecule has 27 heavy (non-hydrogen) atoms. The van der Waals surface area contributed by atoms with Crippen molar-refractivity contribution in [2.45, 2.75) is 6.42 Å². The highest BCUT2D eigenvalue weighted by molar-refractivity contribution is 6.36. The SMILES string of the molecule is O=C(O)C1CCN(CCO/N=C/c2ccccc2-c2ccc(Cl)cc2Cl)C1. The standard InChI is InChI=1S/C20H20Cl2N2O3/c21-16-5-6-18(19(22)11-16)17-4-2-1-3-14(17)12-23-27-10-9-24-8-7-15(13-24)20(25)26/h1-6,11-12,15H,7-10,13H2,(H,25,26)/b23-12+. The second-order valence-electron chi connectivity index (χ2n) is 6.40. The Morgan fingerprint density at radius 2 is 2.07 bits per heavy atom. The van der Waals surface area contributed by atoms with E-state index in [2.05, 4.69) is 10.1 Å². The molecule has 2 aromatic carbocycles. The second kappa shape index (κ2) is 9.22. The number of rotatable bonds is 7. The van der Waals surface area contributed by atoms with Crippen LogP contribution in [0.1, 0.15) is 12.0 Å². The molecule has 2 aromatic rings. The van der Waals surface area contributed by atoms with E-state index in [-0.39, 0.29) is 5.92 Å². The lowest BCUT2D eigenvalue weighted by atomic mass is 10.0. The largest absolute Gasteiger partial charge is 0.481 e. The van der Waals surface area contributed by atoms with E-state index in [0.717, 1.165) is 23.2 Å². The van der Waals surface area contributed by atoms with E-state index in [4.69, 9.17) is 33.1 Å². The van der Waals surface area contributed by atoms with Crippen molar-refractivity contribution in [2.24, 2.45) is 11.1 Å². The Kier molecular flexibility index (Phi) is 6.72. The highest BCUT2D eigenvalue weighted by atomic mass is 35.5. The van der Waals surface area contributed by atoms with Crippen LogP contribution in [0.2, 0.25) is 10.0 Å². The Labute approximate surface area is 168 Å². The van der Waals surface area contributed by atoms with Gasteiger partial charge in [-0.15, -0.1) is 0 Å². The van der Waals surface area contributed by atoms with E-state index in [1.165, 1.54) is 0 Å². The number of oxime groups is 1. The summed E-state index contributed by atoms with van der Waals surface area (Å²) in [6.45, 7) is 2.42. The summed E-state index contributed by atoms with van der Waals surface area (Å²) in [6, 6.07) is 13.1. The fourth-order valence-corrected chi connectivity index (χ4v) is 3.63. The normalized spacial score (nSPS) is 17.5. The Morgan fingerprint density at radius 3 is 2.81 bits per heavy atom. The number of hydrogen-bond acceptors (Lipinski definition) is 4. The van der Waals surface area contributed by atoms with Gasteiger partial charge >= 0.3 is 5.97 Å². The number of nitrogens with zero attached hydrogens (tertiary/aromatic N) is 2. The molecule has 0 aromatic heterocycles. The molecule has 0 radical (unpaired) electrons. The Balaban J connectivity index is 1.57. The minimum Gasteiger partial charge on any atom is -0.481 e. The fourth-order valence-electron chi connectivity index (χ4n) is 3.12. The van der Waals surface area contributed by atoms with Gasteiger partial charge in [0.25, 0.3) is 0 Å². The zero-order valence-electron chi connectivity index (χ0n) is 14.6. The molecule has 3 rings (SSSR count). The summed E-state index contributed by atoms with van der Waals surface area (Å²) < 4.78 is 0. The van der Waals surface area contributed by atoms with Crippen LogP contribution in [0, 0.1) is 5.92 Å². The van der Waals surface area contributed by atoms with Crippen molar-refractivity contribution in [3.63, 3.8) is 0 Å². The zero-order chi connectivity index (χ0) is 19.2. The lowest BCUT2D eigenvalue weighted by Gasteiger charge is -2.13. The number of aliphatic carboxylic acids is 1. The molecule has 5 nitrogen and oxygen atoms in total. The topological polar surface area (TPSA) is 62.1 Å². The number of carboxylic acids is 1. The lowest BCUT2D eigenvalue weighted by molar-refractivity contribution is -0.141. The number of carboxylic acid groups (broad SMARTS) is 1.